The highest BCUT2D eigenvalue weighted by Crippen LogP contribution is 2.38. The zero-order valence-corrected chi connectivity index (χ0v) is 7.27. The van der Waals surface area contributed by atoms with Crippen LogP contribution < -0.4 is 4.74 Å². The molecule has 0 saturated carbocycles. The van der Waals surface area contributed by atoms with Gasteiger partial charge in [-0.05, 0) is 25.0 Å². The highest BCUT2D eigenvalue weighted by atomic mass is 19.4. The highest BCUT2D eigenvalue weighted by molar-refractivity contribution is 5.47. The quantitative estimate of drug-likeness (QED) is 0.626. The molecule has 1 aromatic carbocycles. The minimum atomic E-state index is -4.30. The van der Waals surface area contributed by atoms with Crippen LogP contribution in [-0.2, 0) is 6.18 Å². The van der Waals surface area contributed by atoms with Crippen LogP contribution in [0.1, 0.15) is 17.5 Å². The van der Waals surface area contributed by atoms with E-state index in [2.05, 4.69) is 0 Å². The lowest BCUT2D eigenvalue weighted by molar-refractivity contribution is -0.138. The van der Waals surface area contributed by atoms with Gasteiger partial charge in [-0.3, -0.25) is 0 Å². The van der Waals surface area contributed by atoms with Gasteiger partial charge in [0.05, 0.1) is 12.2 Å². The first-order valence-corrected chi connectivity index (χ1v) is 4.25. The number of fused-ring (bicyclic) bond motifs is 1. The van der Waals surface area contributed by atoms with Crippen molar-refractivity contribution in [3.8, 4) is 5.75 Å². The van der Waals surface area contributed by atoms with Crippen molar-refractivity contribution in [2.75, 3.05) is 6.61 Å². The average molecular weight is 201 g/mol. The highest BCUT2D eigenvalue weighted by Gasteiger charge is 2.35. The third-order valence-corrected chi connectivity index (χ3v) is 2.10. The smallest absolute Gasteiger partial charge is 0.416 e. The second-order valence-corrected chi connectivity index (χ2v) is 3.06. The third kappa shape index (κ3) is 1.56. The maximum atomic E-state index is 12.5. The molecule has 0 atom stereocenters. The molecule has 14 heavy (non-hydrogen) atoms. The van der Waals surface area contributed by atoms with E-state index >= 15 is 0 Å². The van der Waals surface area contributed by atoms with E-state index in [-0.39, 0.29) is 5.56 Å². The van der Waals surface area contributed by atoms with E-state index in [1.54, 1.807) is 12.5 Å². The molecule has 0 N–H and O–H groups in total. The van der Waals surface area contributed by atoms with Crippen molar-refractivity contribution in [3.05, 3.63) is 35.7 Å². The molecule has 1 heterocycles. The lowest BCUT2D eigenvalue weighted by atomic mass is 10.00. The molecule has 0 fully saturated rings. The Balaban J connectivity index is 2.51. The van der Waals surface area contributed by atoms with E-state index in [1.807, 2.05) is 0 Å². The van der Waals surface area contributed by atoms with Crippen molar-refractivity contribution in [1.29, 1.82) is 0 Å². The number of benzene rings is 1. The summed E-state index contributed by atoms with van der Waals surface area (Å²) < 4.78 is 42.6. The fourth-order valence-electron chi connectivity index (χ4n) is 1.50. The van der Waals surface area contributed by atoms with Gasteiger partial charge < -0.3 is 4.74 Å². The molecule has 1 radical (unpaired) electrons. The Kier molecular flexibility index (Phi) is 2.13. The van der Waals surface area contributed by atoms with E-state index in [9.17, 15) is 13.2 Å². The molecule has 2 rings (SSSR count). The van der Waals surface area contributed by atoms with Crippen molar-refractivity contribution < 1.29 is 17.9 Å². The Bertz CT molecular complexity index is 344. The van der Waals surface area contributed by atoms with Crippen LogP contribution in [0.5, 0.6) is 5.75 Å². The summed E-state index contributed by atoms with van der Waals surface area (Å²) in [4.78, 5) is 0. The van der Waals surface area contributed by atoms with E-state index in [4.69, 9.17) is 4.74 Å². The Labute approximate surface area is 79.5 Å². The fourth-order valence-corrected chi connectivity index (χ4v) is 1.50. The normalized spacial score (nSPS) is 15.9. The average Bonchev–Trinajstić information content (AvgIpc) is 2.15. The molecule has 4 heteroatoms. The second kappa shape index (κ2) is 3.19. The van der Waals surface area contributed by atoms with Crippen molar-refractivity contribution in [1.82, 2.24) is 0 Å². The minimum Gasteiger partial charge on any atom is -0.493 e. The van der Waals surface area contributed by atoms with E-state index < -0.39 is 11.7 Å². The van der Waals surface area contributed by atoms with Gasteiger partial charge in [-0.15, -0.1) is 0 Å². The summed E-state index contributed by atoms with van der Waals surface area (Å²) in [5.74, 6) is 0.325. The van der Waals surface area contributed by atoms with Crippen LogP contribution in [0.4, 0.5) is 13.2 Å². The van der Waals surface area contributed by atoms with Gasteiger partial charge in [0.25, 0.3) is 0 Å². The molecule has 0 unspecified atom stereocenters. The molecule has 0 aromatic heterocycles. The van der Waals surface area contributed by atoms with Gasteiger partial charge in [-0.2, -0.15) is 13.2 Å². The number of halogens is 3. The van der Waals surface area contributed by atoms with Crippen molar-refractivity contribution >= 4 is 0 Å². The molecule has 1 aliphatic heterocycles. The Morgan fingerprint density at radius 2 is 2.00 bits per heavy atom. The molecular formula is C10H8F3O. The lowest BCUT2D eigenvalue weighted by Gasteiger charge is -2.20. The predicted octanol–water partition coefficient (Wildman–Crippen LogP) is 3.04. The summed E-state index contributed by atoms with van der Waals surface area (Å²) in [6.45, 7) is 0.453. The molecule has 0 amide bonds. The van der Waals surface area contributed by atoms with Gasteiger partial charge in [0.15, 0.2) is 0 Å². The molecule has 1 aromatic rings. The topological polar surface area (TPSA) is 9.23 Å². The van der Waals surface area contributed by atoms with E-state index in [0.29, 0.717) is 18.8 Å². The molecule has 0 aliphatic carbocycles. The number of alkyl halides is 3. The van der Waals surface area contributed by atoms with Gasteiger partial charge in [0.2, 0.25) is 0 Å². The van der Waals surface area contributed by atoms with Crippen LogP contribution in [0.15, 0.2) is 18.2 Å². The van der Waals surface area contributed by atoms with Crippen LogP contribution in [0.25, 0.3) is 0 Å². The molecule has 1 nitrogen and oxygen atoms in total. The van der Waals surface area contributed by atoms with Crippen LogP contribution in [0.3, 0.4) is 0 Å². The largest absolute Gasteiger partial charge is 0.493 e. The van der Waals surface area contributed by atoms with E-state index in [0.717, 1.165) is 6.07 Å². The van der Waals surface area contributed by atoms with Gasteiger partial charge >= 0.3 is 6.18 Å². The van der Waals surface area contributed by atoms with Gasteiger partial charge in [0, 0.05) is 5.56 Å². The van der Waals surface area contributed by atoms with Crippen molar-refractivity contribution in [3.63, 3.8) is 0 Å². The molecule has 0 spiro atoms. The summed E-state index contributed by atoms with van der Waals surface area (Å²) in [7, 11) is 0. The minimum absolute atomic E-state index is 0.172. The van der Waals surface area contributed by atoms with Gasteiger partial charge in [-0.25, -0.2) is 0 Å². The first kappa shape index (κ1) is 9.37. The zero-order chi connectivity index (χ0) is 10.2. The summed E-state index contributed by atoms with van der Waals surface area (Å²) in [6, 6.07) is 3.99. The second-order valence-electron chi connectivity index (χ2n) is 3.06. The first-order valence-electron chi connectivity index (χ1n) is 4.25. The maximum absolute atomic E-state index is 12.5. The molecule has 0 saturated heterocycles. The summed E-state index contributed by atoms with van der Waals surface area (Å²) >= 11 is 0. The number of rotatable bonds is 0. The van der Waals surface area contributed by atoms with Crippen LogP contribution >= 0.6 is 0 Å². The van der Waals surface area contributed by atoms with Crippen LogP contribution in [0, 0.1) is 6.42 Å². The summed E-state index contributed by atoms with van der Waals surface area (Å²) in [5.41, 5.74) is -0.444. The standard InChI is InChI=1S/C10H8F3O/c11-10(12,13)8-4-1-5-9-7(8)3-2-6-14-9/h1,3-5H,2,6H2. The van der Waals surface area contributed by atoms with Gasteiger partial charge in [0.1, 0.15) is 5.75 Å². The van der Waals surface area contributed by atoms with Gasteiger partial charge in [-0.1, -0.05) is 6.07 Å². The Hall–Kier alpha value is -1.19. The monoisotopic (exact) mass is 201 g/mol. The molecular weight excluding hydrogens is 193 g/mol. The number of hydrogen-bond acceptors (Lipinski definition) is 1. The lowest BCUT2D eigenvalue weighted by Crippen LogP contribution is -2.14. The SMILES string of the molecule is FC(F)(F)c1cccc2c1[CH]CCO2. The van der Waals surface area contributed by atoms with Crippen LogP contribution in [0.2, 0.25) is 0 Å². The number of hydrogen-bond donors (Lipinski definition) is 0. The van der Waals surface area contributed by atoms with Crippen LogP contribution in [-0.4, -0.2) is 6.61 Å². The Morgan fingerprint density at radius 1 is 1.21 bits per heavy atom. The predicted molar refractivity (Wildman–Crippen MR) is 45.0 cm³/mol. The molecule has 75 valence electrons. The molecule has 1 aliphatic rings. The Morgan fingerprint density at radius 3 is 2.71 bits per heavy atom. The van der Waals surface area contributed by atoms with E-state index in [1.165, 1.54) is 6.07 Å². The summed E-state index contributed by atoms with van der Waals surface area (Å²) in [6.07, 6.45) is -2.20. The zero-order valence-electron chi connectivity index (χ0n) is 7.27. The maximum Gasteiger partial charge on any atom is 0.416 e. The fraction of sp³-hybridized carbons (Fsp3) is 0.300. The van der Waals surface area contributed by atoms with Crippen molar-refractivity contribution in [2.45, 2.75) is 12.6 Å². The number of ether oxygens (including phenoxy) is 1. The third-order valence-electron chi connectivity index (χ3n) is 2.10. The van der Waals surface area contributed by atoms with Crippen molar-refractivity contribution in [2.24, 2.45) is 0 Å². The summed E-state index contributed by atoms with van der Waals surface area (Å²) in [5, 5.41) is 0. The first-order chi connectivity index (χ1) is 6.59. The molecule has 0 bridgehead atoms.